The van der Waals surface area contributed by atoms with Gasteiger partial charge in [0.1, 0.15) is 18.3 Å². The molecule has 0 saturated carbocycles. The van der Waals surface area contributed by atoms with Crippen LogP contribution in [0.3, 0.4) is 0 Å². The topological polar surface area (TPSA) is 102 Å². The summed E-state index contributed by atoms with van der Waals surface area (Å²) in [5, 5.41) is 42.2. The summed E-state index contributed by atoms with van der Waals surface area (Å²) in [6.45, 7) is -0.294. The summed E-state index contributed by atoms with van der Waals surface area (Å²) >= 11 is 0. The number of hydrogen-bond acceptors (Lipinski definition) is 6. The van der Waals surface area contributed by atoms with E-state index in [0.29, 0.717) is 0 Å². The molecule has 1 aliphatic heterocycles. The van der Waals surface area contributed by atoms with Gasteiger partial charge in [-0.2, -0.15) is 0 Å². The summed E-state index contributed by atoms with van der Waals surface area (Å²) in [7, 11) is 0. The van der Waals surface area contributed by atoms with Gasteiger partial charge >= 0.3 is 0 Å². The van der Waals surface area contributed by atoms with E-state index in [1.54, 1.807) is 0 Å². The fourth-order valence-electron chi connectivity index (χ4n) is 2.96. The summed E-state index contributed by atoms with van der Waals surface area (Å²) in [4.78, 5) is 0. The molecule has 1 saturated heterocycles. The third kappa shape index (κ3) is 2.77. The van der Waals surface area contributed by atoms with Crippen LogP contribution >= 0.6 is 0 Å². The second-order valence-corrected chi connectivity index (χ2v) is 5.85. The number of fused-ring (bicyclic) bond motifs is 1. The molecule has 0 bridgehead atoms. The fraction of sp³-hybridized carbons (Fsp3) is 0.600. The van der Waals surface area contributed by atoms with Crippen molar-refractivity contribution in [2.24, 2.45) is 0 Å². The largest absolute Gasteiger partial charge is 0.388 e. The number of ether oxygens (including phenoxy) is 1. The first-order valence-electron chi connectivity index (χ1n) is 7.26. The highest BCUT2D eigenvalue weighted by atomic mass is 16.6. The van der Waals surface area contributed by atoms with Crippen molar-refractivity contribution < 1.29 is 25.2 Å². The van der Waals surface area contributed by atoms with Crippen LogP contribution in [0, 0.1) is 0 Å². The number of benzene rings is 1. The van der Waals surface area contributed by atoms with Gasteiger partial charge in [-0.15, -0.1) is 0 Å². The second-order valence-electron chi connectivity index (χ2n) is 5.85. The van der Waals surface area contributed by atoms with E-state index < -0.39 is 24.1 Å². The lowest BCUT2D eigenvalue weighted by Gasteiger charge is -2.41. The Balaban J connectivity index is 1.66. The minimum Gasteiger partial charge on any atom is -0.388 e. The Labute approximate surface area is 123 Å². The summed E-state index contributed by atoms with van der Waals surface area (Å²) < 4.78 is 5.11. The average molecular weight is 295 g/mol. The van der Waals surface area contributed by atoms with Crippen LogP contribution < -0.4 is 5.32 Å². The Hall–Kier alpha value is -1.18. The number of hydrogen-bond donors (Lipinski definition) is 5. The molecular formula is C15H21NO5. The van der Waals surface area contributed by atoms with E-state index in [4.69, 9.17) is 4.74 Å². The molecule has 3 rings (SSSR count). The zero-order valence-electron chi connectivity index (χ0n) is 11.7. The number of rotatable bonds is 3. The minimum atomic E-state index is -1.92. The number of nitrogens with one attached hydrogen (secondary N) is 1. The predicted octanol–water partition coefficient (Wildman–Crippen LogP) is -0.611. The van der Waals surface area contributed by atoms with E-state index in [0.717, 1.165) is 24.9 Å². The van der Waals surface area contributed by atoms with Crippen LogP contribution in [0.2, 0.25) is 0 Å². The molecule has 0 amide bonds. The Bertz CT molecular complexity index is 523. The first kappa shape index (κ1) is 14.7. The van der Waals surface area contributed by atoms with Crippen LogP contribution in [0.4, 0.5) is 5.69 Å². The highest BCUT2D eigenvalue weighted by Gasteiger charge is 2.48. The van der Waals surface area contributed by atoms with Crippen molar-refractivity contribution in [1.82, 2.24) is 0 Å². The maximum Gasteiger partial charge on any atom is 0.212 e. The molecule has 5 N–H and O–H groups in total. The fourth-order valence-corrected chi connectivity index (χ4v) is 2.96. The molecule has 0 aromatic heterocycles. The van der Waals surface area contributed by atoms with Crippen molar-refractivity contribution in [3.8, 4) is 0 Å². The van der Waals surface area contributed by atoms with Gasteiger partial charge in [0.15, 0.2) is 0 Å². The van der Waals surface area contributed by atoms with Crippen LogP contribution in [0.15, 0.2) is 18.2 Å². The standard InChI is InChI=1S/C15H21NO5/c17-12-7-21-15(20,14(19)13(12)18)8-16-11-5-4-9-2-1-3-10(9)6-11/h4-6,12-14,16-20H,1-3,7-8H2/t12-,13-,14+,15-/m1/s1. The van der Waals surface area contributed by atoms with Crippen LogP contribution in [-0.4, -0.2) is 57.7 Å². The number of anilines is 1. The lowest BCUT2D eigenvalue weighted by atomic mass is 9.96. The van der Waals surface area contributed by atoms with Crippen molar-refractivity contribution in [1.29, 1.82) is 0 Å². The maximum absolute atomic E-state index is 10.3. The van der Waals surface area contributed by atoms with E-state index in [1.807, 2.05) is 12.1 Å². The van der Waals surface area contributed by atoms with Crippen LogP contribution in [0.25, 0.3) is 0 Å². The van der Waals surface area contributed by atoms with Crippen molar-refractivity contribution in [3.63, 3.8) is 0 Å². The molecular weight excluding hydrogens is 274 g/mol. The Morgan fingerprint density at radius 2 is 1.95 bits per heavy atom. The molecule has 116 valence electrons. The van der Waals surface area contributed by atoms with Crippen molar-refractivity contribution in [2.75, 3.05) is 18.5 Å². The summed E-state index contributed by atoms with van der Waals surface area (Å²) in [6, 6.07) is 6.02. The summed E-state index contributed by atoms with van der Waals surface area (Å²) in [5.41, 5.74) is 3.49. The van der Waals surface area contributed by atoms with Gasteiger partial charge in [0.25, 0.3) is 0 Å². The second kappa shape index (κ2) is 5.55. The van der Waals surface area contributed by atoms with Gasteiger partial charge in [0.05, 0.1) is 13.2 Å². The predicted molar refractivity (Wildman–Crippen MR) is 75.9 cm³/mol. The molecule has 1 fully saturated rings. The van der Waals surface area contributed by atoms with Gasteiger partial charge in [-0.3, -0.25) is 0 Å². The molecule has 6 nitrogen and oxygen atoms in total. The molecule has 2 aliphatic rings. The van der Waals surface area contributed by atoms with Gasteiger partial charge in [-0.1, -0.05) is 6.07 Å². The molecule has 0 radical (unpaired) electrons. The molecule has 1 aromatic rings. The van der Waals surface area contributed by atoms with Crippen LogP contribution in [-0.2, 0) is 17.6 Å². The molecule has 6 heteroatoms. The molecule has 1 aliphatic carbocycles. The van der Waals surface area contributed by atoms with Crippen molar-refractivity contribution in [3.05, 3.63) is 29.3 Å². The molecule has 0 spiro atoms. The summed E-state index contributed by atoms with van der Waals surface area (Å²) in [6.07, 6.45) is -0.867. The average Bonchev–Trinajstić information content (AvgIpc) is 2.95. The first-order chi connectivity index (χ1) is 9.99. The van der Waals surface area contributed by atoms with E-state index in [-0.39, 0.29) is 13.2 Å². The van der Waals surface area contributed by atoms with E-state index in [9.17, 15) is 20.4 Å². The van der Waals surface area contributed by atoms with E-state index in [1.165, 1.54) is 11.1 Å². The van der Waals surface area contributed by atoms with E-state index in [2.05, 4.69) is 11.4 Å². The van der Waals surface area contributed by atoms with Gasteiger partial charge in [0.2, 0.25) is 5.79 Å². The molecule has 4 atom stereocenters. The van der Waals surface area contributed by atoms with Crippen molar-refractivity contribution >= 4 is 5.69 Å². The molecule has 1 aromatic carbocycles. The maximum atomic E-state index is 10.3. The Morgan fingerprint density at radius 1 is 1.19 bits per heavy atom. The van der Waals surface area contributed by atoms with Gasteiger partial charge in [-0.05, 0) is 42.5 Å². The summed E-state index contributed by atoms with van der Waals surface area (Å²) in [5.74, 6) is -1.92. The third-order valence-corrected chi connectivity index (χ3v) is 4.33. The van der Waals surface area contributed by atoms with Gasteiger partial charge in [0, 0.05) is 5.69 Å². The Kier molecular flexibility index (Phi) is 3.90. The van der Waals surface area contributed by atoms with Gasteiger partial charge in [-0.25, -0.2) is 0 Å². The lowest BCUT2D eigenvalue weighted by Crippen LogP contribution is -2.63. The van der Waals surface area contributed by atoms with E-state index >= 15 is 0 Å². The van der Waals surface area contributed by atoms with Crippen LogP contribution in [0.1, 0.15) is 17.5 Å². The van der Waals surface area contributed by atoms with Crippen molar-refractivity contribution in [2.45, 2.75) is 43.4 Å². The molecule has 1 heterocycles. The number of aryl methyl sites for hydroxylation is 2. The smallest absolute Gasteiger partial charge is 0.212 e. The zero-order chi connectivity index (χ0) is 15.0. The van der Waals surface area contributed by atoms with Gasteiger partial charge < -0.3 is 30.5 Å². The number of aliphatic hydroxyl groups excluding tert-OH is 3. The first-order valence-corrected chi connectivity index (χ1v) is 7.26. The monoisotopic (exact) mass is 295 g/mol. The van der Waals surface area contributed by atoms with Crippen LogP contribution in [0.5, 0.6) is 0 Å². The minimum absolute atomic E-state index is 0.0727. The highest BCUT2D eigenvalue weighted by Crippen LogP contribution is 2.27. The quantitative estimate of drug-likeness (QED) is 0.510. The SMILES string of the molecule is O[C@@H]1[C@H](O)CO[C@](O)(CNc2ccc3c(c2)CCC3)[C@H]1O. The molecule has 0 unspecified atom stereocenters. The highest BCUT2D eigenvalue weighted by molar-refractivity contribution is 5.50. The molecule has 21 heavy (non-hydrogen) atoms. The Morgan fingerprint density at radius 3 is 2.76 bits per heavy atom. The normalized spacial score (nSPS) is 35.5. The number of aliphatic hydroxyl groups is 4. The third-order valence-electron chi connectivity index (χ3n) is 4.33. The zero-order valence-corrected chi connectivity index (χ0v) is 11.7. The lowest BCUT2D eigenvalue weighted by molar-refractivity contribution is -0.313.